The fourth-order valence-electron chi connectivity index (χ4n) is 21.5. The number of alkyl halides is 6. The number of nitrogens with zero attached hydrogens (tertiary/aromatic N) is 4. The van der Waals surface area contributed by atoms with Gasteiger partial charge in [0.05, 0.1) is 25.4 Å². The maximum atomic E-state index is 14.0. The number of ketones is 5. The minimum Gasteiger partial charge on any atom is -0.472 e. The van der Waals surface area contributed by atoms with Gasteiger partial charge < -0.3 is 28.5 Å². The van der Waals surface area contributed by atoms with Crippen molar-refractivity contribution in [2.45, 2.75) is 233 Å². The van der Waals surface area contributed by atoms with Crippen LogP contribution in [0.2, 0.25) is 0 Å². The molecule has 12 aromatic rings. The van der Waals surface area contributed by atoms with E-state index < -0.39 is 77.4 Å². The minimum absolute atomic E-state index is 0.0163. The zero-order chi connectivity index (χ0) is 106. The van der Waals surface area contributed by atoms with Gasteiger partial charge in [-0.3, -0.25) is 28.8 Å². The predicted octanol–water partition coefficient (Wildman–Crippen LogP) is 28.2. The van der Waals surface area contributed by atoms with Crippen LogP contribution < -0.4 is 0 Å². The van der Waals surface area contributed by atoms with Gasteiger partial charge in [0.2, 0.25) is 23.1 Å². The van der Waals surface area contributed by atoms with Crippen LogP contribution in [0.4, 0.5) is 26.3 Å². The Kier molecular flexibility index (Phi) is 35.3. The number of hydrogen-bond acceptors (Lipinski definition) is 20. The van der Waals surface area contributed by atoms with Gasteiger partial charge in [-0.2, -0.15) is 26.3 Å². The molecule has 0 radical (unpaired) electrons. The number of aryl methyl sites for hydroxylation is 2. The van der Waals surface area contributed by atoms with Crippen molar-refractivity contribution in [2.24, 2.45) is 20.6 Å². The van der Waals surface area contributed by atoms with Crippen LogP contribution in [0.1, 0.15) is 314 Å². The van der Waals surface area contributed by atoms with E-state index in [2.05, 4.69) is 71.3 Å². The van der Waals surface area contributed by atoms with E-state index >= 15 is 0 Å². The molecule has 20 nitrogen and oxygen atoms in total. The smallest absolute Gasteiger partial charge is 0.389 e. The van der Waals surface area contributed by atoms with Crippen molar-refractivity contribution >= 4 is 81.6 Å². The summed E-state index contributed by atoms with van der Waals surface area (Å²) in [4.78, 5) is 145. The number of carbonyl (C=O) groups excluding carboxylic acids is 10. The van der Waals surface area contributed by atoms with E-state index in [0.29, 0.717) is 75.8 Å². The van der Waals surface area contributed by atoms with Crippen molar-refractivity contribution < 1.29 is 103 Å². The van der Waals surface area contributed by atoms with Crippen LogP contribution in [-0.4, -0.2) is 101 Å². The van der Waals surface area contributed by atoms with Crippen LogP contribution in [0.15, 0.2) is 286 Å². The molecule has 4 aliphatic carbocycles. The fourth-order valence-corrected chi connectivity index (χ4v) is 21.5. The summed E-state index contributed by atoms with van der Waals surface area (Å²) < 4.78 is 90.4. The lowest BCUT2D eigenvalue weighted by Gasteiger charge is -2.33. The number of hydrogen-bond donors (Lipinski definition) is 0. The Morgan fingerprint density at radius 1 is 0.299 bits per heavy atom. The Hall–Kier alpha value is -15.3. The number of benzene rings is 11. The topological polar surface area (TPSA) is 279 Å². The summed E-state index contributed by atoms with van der Waals surface area (Å²) in [6, 6.07) is 76.0. The molecular weight excluding hydrogens is 1880 g/mol. The number of methoxy groups -OCH3 is 1. The van der Waals surface area contributed by atoms with E-state index in [9.17, 15) is 74.3 Å². The molecule has 0 aliphatic heterocycles. The Labute approximate surface area is 851 Å². The first-order chi connectivity index (χ1) is 70.4. The van der Waals surface area contributed by atoms with Crippen molar-refractivity contribution in [3.05, 3.63) is 367 Å². The van der Waals surface area contributed by atoms with Gasteiger partial charge in [-0.1, -0.05) is 313 Å². The zero-order valence-electron chi connectivity index (χ0n) is 84.6. The quantitative estimate of drug-likeness (QED) is 0.00881. The summed E-state index contributed by atoms with van der Waals surface area (Å²) >= 11 is 0. The van der Waals surface area contributed by atoms with Gasteiger partial charge in [-0.15, -0.1) is 0 Å². The third-order valence-electron chi connectivity index (χ3n) is 27.6. The second-order valence-electron chi connectivity index (χ2n) is 37.4. The van der Waals surface area contributed by atoms with Gasteiger partial charge in [0.15, 0.2) is 22.9 Å². The molecule has 760 valence electrons. The van der Waals surface area contributed by atoms with Gasteiger partial charge in [-0.25, -0.2) is 19.2 Å². The van der Waals surface area contributed by atoms with Crippen LogP contribution in [0, 0.1) is 13.8 Å². The van der Waals surface area contributed by atoms with Crippen LogP contribution in [0.25, 0.3) is 44.5 Å². The number of furan rings is 1. The van der Waals surface area contributed by atoms with Gasteiger partial charge >= 0.3 is 42.2 Å². The van der Waals surface area contributed by atoms with Gasteiger partial charge in [0.1, 0.15) is 12.0 Å². The summed E-state index contributed by atoms with van der Waals surface area (Å²) in [6.45, 7) is 21.1. The monoisotopic (exact) mass is 2000 g/mol. The summed E-state index contributed by atoms with van der Waals surface area (Å²) in [5.74, 6) is -4.76. The highest BCUT2D eigenvalue weighted by molar-refractivity contribution is 6.53. The molecule has 0 amide bonds. The second kappa shape index (κ2) is 47.7. The number of carbonyl (C=O) groups is 10. The lowest BCUT2D eigenvalue weighted by atomic mass is 9.71. The molecule has 0 fully saturated rings. The highest BCUT2D eigenvalue weighted by Crippen LogP contribution is 2.60. The largest absolute Gasteiger partial charge is 0.472 e. The lowest BCUT2D eigenvalue weighted by molar-refractivity contribution is -0.142. The van der Waals surface area contributed by atoms with E-state index in [0.717, 1.165) is 129 Å². The summed E-state index contributed by atoms with van der Waals surface area (Å²) in [5.41, 5.74) is 19.3. The number of fused-ring (bicyclic) bond motifs is 12. The number of Topliss-reactive ketones (excluding diaryl/α,β-unsaturated/α-hetero) is 4. The Balaban J connectivity index is 0.000000164. The summed E-state index contributed by atoms with van der Waals surface area (Å²) in [6.07, 6.45) is 2.24. The minimum atomic E-state index is -4.30. The van der Waals surface area contributed by atoms with Crippen LogP contribution >= 0.6 is 0 Å². The number of oxime groups is 4. The molecule has 1 heterocycles. The second-order valence-corrected chi connectivity index (χ2v) is 37.4. The van der Waals surface area contributed by atoms with E-state index in [1.54, 1.807) is 97.1 Å². The van der Waals surface area contributed by atoms with Crippen LogP contribution in [0.3, 0.4) is 0 Å². The number of halogens is 6. The highest BCUT2D eigenvalue weighted by Gasteiger charge is 2.50. The molecule has 0 N–H and O–H groups in total. The normalized spacial score (nSPS) is 15.2. The molecule has 1 aromatic heterocycles. The SMILES string of the molecule is CCCC1(CCC(F)(F)F)c2ccccc2-c2ccc(C(=O)/C(=N/OC(C)=O)c3ccccc3)cc21.CCCC1(CCC(F)(F)F)c2ccccc2-c2ccc(C(=O)/C(=N/OC(C)=O)c3ccccc3C)cc21.CCCC1(CCC)c2cc(C(=O)/C(=N/OC(C)=O)c3ccccc3C)ccc2-c2ccc(C(=O)c3ccoc3)cc21.CCCC1(CCC)c2ccccc2-c2ccc(C(=O)/C(CCC(=O)OC)=N/OC(C)=O)cc21. The van der Waals surface area contributed by atoms with Crippen LogP contribution in [0.5, 0.6) is 0 Å². The summed E-state index contributed by atoms with van der Waals surface area (Å²) in [7, 11) is 1.28. The average molecular weight is 2000 g/mol. The first kappa shape index (κ1) is 109. The third kappa shape index (κ3) is 23.9. The molecule has 147 heavy (non-hydrogen) atoms. The molecule has 26 heteroatoms. The van der Waals surface area contributed by atoms with Gasteiger partial charge in [0.25, 0.3) is 0 Å². The number of rotatable bonds is 36. The van der Waals surface area contributed by atoms with E-state index in [1.807, 2.05) is 161 Å². The first-order valence-electron chi connectivity index (χ1n) is 49.6. The average Bonchev–Trinajstić information content (AvgIpc) is 1.57. The van der Waals surface area contributed by atoms with Gasteiger partial charge in [-0.05, 0) is 202 Å². The van der Waals surface area contributed by atoms with E-state index in [4.69, 9.17) is 23.8 Å². The molecule has 2 atom stereocenters. The molecule has 11 aromatic carbocycles. The van der Waals surface area contributed by atoms with Crippen molar-refractivity contribution in [1.82, 2.24) is 0 Å². The van der Waals surface area contributed by atoms with Crippen molar-refractivity contribution in [1.29, 1.82) is 0 Å². The molecule has 2 unspecified atom stereocenters. The molecular formula is C121H118F6N4O16. The van der Waals surface area contributed by atoms with E-state index in [1.165, 1.54) is 58.5 Å². The molecule has 0 spiro atoms. The first-order valence-corrected chi connectivity index (χ1v) is 49.6. The standard InChI is InChI=1S/C35H33NO5.C30H28F3NO3.C29H26F3NO3.C27H31NO5/c1-5-16-35(17-6-2)30-19-24(33(38)26-15-18-40-21-26)11-13-28(30)29-14-12-25(20-31(29)35)34(39)32(36-41-23(4)37)27-10-8-7-9-22(27)3;1-4-15-29(16-17-30(31,32)33)25-12-8-7-11-23(25)24-14-13-21(18-26(24)29)28(36)27(34-37-20(3)35)22-10-6-5-9-19(22)2;1-3-15-28(16-17-29(30,31)32)24-12-8-7-11-22(24)23-14-13-21(18-25(23)28)27(35)26(33-36-19(2)34)20-9-5-4-6-10-20;1-5-15-27(16-6-2)22-10-8-7-9-20(22)21-12-11-19(17-23(21)27)26(31)24(28-33-18(3)29)13-14-25(30)32-4/h7-15,18-21H,5-6,16-17H2,1-4H3;5-14,18H,4,15-17H2,1-3H3;4-14,18H,3,15-17H2,1-2H3;7-12,17H,5-6,13-16H2,1-4H3/b36-32+;34-27+;33-26+;28-24+. The molecule has 0 bridgehead atoms. The molecule has 0 saturated heterocycles. The van der Waals surface area contributed by atoms with Gasteiger partial charge in [0, 0.05) is 113 Å². The summed E-state index contributed by atoms with van der Waals surface area (Å²) in [5, 5.41) is 15.4. The lowest BCUT2D eigenvalue weighted by Crippen LogP contribution is -2.28. The maximum absolute atomic E-state index is 14.0. The highest BCUT2D eigenvalue weighted by atomic mass is 19.4. The molecule has 0 saturated carbocycles. The fraction of sp³-hybridized carbons (Fsp3) is 0.306. The van der Waals surface area contributed by atoms with E-state index in [-0.39, 0.29) is 87.8 Å². The maximum Gasteiger partial charge on any atom is 0.389 e. The zero-order valence-corrected chi connectivity index (χ0v) is 84.6. The number of esters is 1. The van der Waals surface area contributed by atoms with Crippen LogP contribution in [-0.2, 0) is 69.7 Å². The predicted molar refractivity (Wildman–Crippen MR) is 554 cm³/mol. The van der Waals surface area contributed by atoms with Crippen molar-refractivity contribution in [3.8, 4) is 44.5 Å². The number of ether oxygens (including phenoxy) is 1. The molecule has 4 aliphatic rings. The Morgan fingerprint density at radius 3 is 0.925 bits per heavy atom. The Morgan fingerprint density at radius 2 is 0.592 bits per heavy atom. The third-order valence-corrected chi connectivity index (χ3v) is 27.6. The van der Waals surface area contributed by atoms with Crippen molar-refractivity contribution in [2.75, 3.05) is 7.11 Å². The van der Waals surface area contributed by atoms with Crippen molar-refractivity contribution in [3.63, 3.8) is 0 Å². The Bertz CT molecular complexity index is 7100. The molecule has 16 rings (SSSR count).